The SMILES string of the molecule is O=C(NCc1ccccc1)[C@H]1CN(C(=O)CCc2ccc(S(=O)(=O)N3CCCC3)cc2)c2ccccc2O1. The van der Waals surface area contributed by atoms with E-state index >= 15 is 0 Å². The minimum Gasteiger partial charge on any atom is -0.477 e. The average Bonchev–Trinajstić information content (AvgIpc) is 3.51. The Kier molecular flexibility index (Phi) is 7.76. The number of nitrogens with zero attached hydrogens (tertiary/aromatic N) is 2. The highest BCUT2D eigenvalue weighted by molar-refractivity contribution is 7.89. The number of amides is 2. The van der Waals surface area contributed by atoms with Crippen LogP contribution in [0.5, 0.6) is 5.75 Å². The van der Waals surface area contributed by atoms with E-state index in [1.165, 1.54) is 4.31 Å². The Labute approximate surface area is 223 Å². The number of rotatable bonds is 8. The number of aryl methyl sites for hydroxylation is 1. The summed E-state index contributed by atoms with van der Waals surface area (Å²) in [6.45, 7) is 1.61. The van der Waals surface area contributed by atoms with E-state index in [0.717, 1.165) is 24.0 Å². The summed E-state index contributed by atoms with van der Waals surface area (Å²) >= 11 is 0. The second-order valence-corrected chi connectivity index (χ2v) is 11.5. The summed E-state index contributed by atoms with van der Waals surface area (Å²) in [5, 5.41) is 2.90. The van der Waals surface area contributed by atoms with Gasteiger partial charge in [-0.25, -0.2) is 8.42 Å². The number of para-hydroxylation sites is 2. The first-order valence-electron chi connectivity index (χ1n) is 12.9. The topological polar surface area (TPSA) is 96.0 Å². The van der Waals surface area contributed by atoms with Crippen molar-refractivity contribution in [2.45, 2.75) is 43.2 Å². The molecule has 0 saturated carbocycles. The predicted molar refractivity (Wildman–Crippen MR) is 144 cm³/mol. The minimum atomic E-state index is -3.47. The molecule has 0 radical (unpaired) electrons. The van der Waals surface area contributed by atoms with Crippen molar-refractivity contribution in [2.24, 2.45) is 0 Å². The molecule has 0 aliphatic carbocycles. The summed E-state index contributed by atoms with van der Waals surface area (Å²) in [6.07, 6.45) is 1.62. The molecule has 0 spiro atoms. The Bertz CT molecular complexity index is 1390. The molecule has 2 heterocycles. The quantitative estimate of drug-likeness (QED) is 0.478. The summed E-state index contributed by atoms with van der Waals surface area (Å²) in [6, 6.07) is 23.6. The maximum absolute atomic E-state index is 13.3. The van der Waals surface area contributed by atoms with Crippen molar-refractivity contribution in [1.29, 1.82) is 0 Å². The van der Waals surface area contributed by atoms with Gasteiger partial charge in [0.05, 0.1) is 17.1 Å². The van der Waals surface area contributed by atoms with Gasteiger partial charge in [0.1, 0.15) is 5.75 Å². The normalized spacial score (nSPS) is 17.5. The molecular formula is C29H31N3O5S. The highest BCUT2D eigenvalue weighted by Gasteiger charge is 2.33. The first-order valence-corrected chi connectivity index (χ1v) is 14.3. The van der Waals surface area contributed by atoms with Crippen LogP contribution in [-0.4, -0.2) is 50.3 Å². The fourth-order valence-electron chi connectivity index (χ4n) is 4.80. The number of sulfonamides is 1. The third-order valence-corrected chi connectivity index (χ3v) is 8.84. The number of anilines is 1. The van der Waals surface area contributed by atoms with Gasteiger partial charge in [-0.15, -0.1) is 0 Å². The van der Waals surface area contributed by atoms with Gasteiger partial charge < -0.3 is 15.0 Å². The van der Waals surface area contributed by atoms with Gasteiger partial charge in [-0.2, -0.15) is 4.31 Å². The zero-order valence-corrected chi connectivity index (χ0v) is 21.9. The van der Waals surface area contributed by atoms with Crippen molar-refractivity contribution in [3.05, 3.63) is 90.0 Å². The molecule has 8 nitrogen and oxygen atoms in total. The standard InChI is InChI=1S/C29H31N3O5S/c33-28(17-14-22-12-15-24(16-13-22)38(35,36)31-18-6-7-19-31)32-21-27(37-26-11-5-4-10-25(26)32)29(34)30-20-23-8-2-1-3-9-23/h1-5,8-13,15-16,27H,6-7,14,17-21H2,(H,30,34)/t27-/m1/s1. The lowest BCUT2D eigenvalue weighted by atomic mass is 10.1. The first-order chi connectivity index (χ1) is 18.4. The van der Waals surface area contributed by atoms with Crippen molar-refractivity contribution in [2.75, 3.05) is 24.5 Å². The Morgan fingerprint density at radius 3 is 2.29 bits per heavy atom. The molecular weight excluding hydrogens is 502 g/mol. The molecule has 198 valence electrons. The van der Waals surface area contributed by atoms with E-state index in [0.29, 0.717) is 37.5 Å². The molecule has 0 bridgehead atoms. The maximum Gasteiger partial charge on any atom is 0.263 e. The fourth-order valence-corrected chi connectivity index (χ4v) is 6.31. The highest BCUT2D eigenvalue weighted by atomic mass is 32.2. The number of hydrogen-bond donors (Lipinski definition) is 1. The first kappa shape index (κ1) is 25.9. The maximum atomic E-state index is 13.3. The molecule has 38 heavy (non-hydrogen) atoms. The summed E-state index contributed by atoms with van der Waals surface area (Å²) in [4.78, 5) is 28.1. The molecule has 1 fully saturated rings. The van der Waals surface area contributed by atoms with Crippen molar-refractivity contribution in [3.63, 3.8) is 0 Å². The molecule has 3 aromatic rings. The molecule has 3 aromatic carbocycles. The van der Waals surface area contributed by atoms with Crippen LogP contribution >= 0.6 is 0 Å². The van der Waals surface area contributed by atoms with Gasteiger partial charge in [-0.05, 0) is 54.7 Å². The van der Waals surface area contributed by atoms with Crippen molar-refractivity contribution < 1.29 is 22.7 Å². The number of hydrogen-bond acceptors (Lipinski definition) is 5. The van der Waals surface area contributed by atoms with Crippen LogP contribution in [0.1, 0.15) is 30.4 Å². The van der Waals surface area contributed by atoms with Gasteiger partial charge in [0, 0.05) is 26.1 Å². The number of ether oxygens (including phenoxy) is 1. The van der Waals surface area contributed by atoms with Gasteiger partial charge in [-0.1, -0.05) is 54.6 Å². The van der Waals surface area contributed by atoms with Crippen molar-refractivity contribution in [3.8, 4) is 5.75 Å². The molecule has 0 aromatic heterocycles. The highest BCUT2D eigenvalue weighted by Crippen LogP contribution is 2.34. The average molecular weight is 534 g/mol. The number of nitrogens with one attached hydrogen (secondary N) is 1. The molecule has 1 saturated heterocycles. The van der Waals surface area contributed by atoms with E-state index < -0.39 is 16.1 Å². The Balaban J connectivity index is 1.23. The van der Waals surface area contributed by atoms with Crippen LogP contribution in [0.4, 0.5) is 5.69 Å². The number of benzene rings is 3. The Morgan fingerprint density at radius 1 is 0.868 bits per heavy atom. The molecule has 2 amide bonds. The summed E-state index contributed by atoms with van der Waals surface area (Å²) in [5.41, 5.74) is 2.48. The van der Waals surface area contributed by atoms with Crippen LogP contribution in [0.25, 0.3) is 0 Å². The van der Waals surface area contributed by atoms with Crippen LogP contribution in [0.2, 0.25) is 0 Å². The van der Waals surface area contributed by atoms with Crippen LogP contribution < -0.4 is 15.0 Å². The Morgan fingerprint density at radius 2 is 1.55 bits per heavy atom. The smallest absolute Gasteiger partial charge is 0.263 e. The molecule has 0 unspecified atom stereocenters. The minimum absolute atomic E-state index is 0.115. The van der Waals surface area contributed by atoms with Crippen LogP contribution in [0.15, 0.2) is 83.8 Å². The van der Waals surface area contributed by atoms with Crippen molar-refractivity contribution in [1.82, 2.24) is 9.62 Å². The summed E-state index contributed by atoms with van der Waals surface area (Å²) in [5.74, 6) is 0.0785. The van der Waals surface area contributed by atoms with E-state index in [1.807, 2.05) is 48.5 Å². The van der Waals surface area contributed by atoms with E-state index in [1.54, 1.807) is 35.2 Å². The van der Waals surface area contributed by atoms with Crippen molar-refractivity contribution >= 4 is 27.5 Å². The molecule has 1 atom stereocenters. The molecule has 2 aliphatic rings. The van der Waals surface area contributed by atoms with E-state index in [9.17, 15) is 18.0 Å². The molecule has 9 heteroatoms. The zero-order valence-electron chi connectivity index (χ0n) is 21.1. The zero-order chi connectivity index (χ0) is 26.5. The third-order valence-electron chi connectivity index (χ3n) is 6.93. The molecule has 1 N–H and O–H groups in total. The fraction of sp³-hybridized carbons (Fsp3) is 0.310. The van der Waals surface area contributed by atoms with Crippen LogP contribution in [0.3, 0.4) is 0 Å². The monoisotopic (exact) mass is 533 g/mol. The van der Waals surface area contributed by atoms with Gasteiger partial charge >= 0.3 is 0 Å². The molecule has 5 rings (SSSR count). The second-order valence-electron chi connectivity index (χ2n) is 9.54. The van der Waals surface area contributed by atoms with Gasteiger partial charge in [0.15, 0.2) is 6.10 Å². The summed E-state index contributed by atoms with van der Waals surface area (Å²) in [7, 11) is -3.47. The third kappa shape index (κ3) is 5.74. The number of carbonyl (C=O) groups is 2. The van der Waals surface area contributed by atoms with E-state index in [-0.39, 0.29) is 29.7 Å². The van der Waals surface area contributed by atoms with Gasteiger partial charge in [-0.3, -0.25) is 9.59 Å². The second kappa shape index (κ2) is 11.4. The van der Waals surface area contributed by atoms with E-state index in [4.69, 9.17) is 4.74 Å². The van der Waals surface area contributed by atoms with Crippen LogP contribution in [0, 0.1) is 0 Å². The van der Waals surface area contributed by atoms with Gasteiger partial charge in [0.2, 0.25) is 15.9 Å². The lowest BCUT2D eigenvalue weighted by Crippen LogP contribution is -2.50. The molecule has 2 aliphatic heterocycles. The Hall–Kier alpha value is -3.69. The lowest BCUT2D eigenvalue weighted by Gasteiger charge is -2.34. The summed E-state index contributed by atoms with van der Waals surface area (Å²) < 4.78 is 33.0. The number of fused-ring (bicyclic) bond motifs is 1. The predicted octanol–water partition coefficient (Wildman–Crippen LogP) is 3.51. The largest absolute Gasteiger partial charge is 0.477 e. The van der Waals surface area contributed by atoms with Crippen LogP contribution in [-0.2, 0) is 32.6 Å². The lowest BCUT2D eigenvalue weighted by molar-refractivity contribution is -0.128. The van der Waals surface area contributed by atoms with Gasteiger partial charge in [0.25, 0.3) is 5.91 Å². The van der Waals surface area contributed by atoms with E-state index in [2.05, 4.69) is 5.32 Å². The number of carbonyl (C=O) groups excluding carboxylic acids is 2.